The van der Waals surface area contributed by atoms with E-state index in [9.17, 15) is 13.2 Å². The molecule has 2 aromatic rings. The molecule has 0 aliphatic rings. The molecule has 0 atom stereocenters. The summed E-state index contributed by atoms with van der Waals surface area (Å²) in [5, 5.41) is 0.531. The van der Waals surface area contributed by atoms with E-state index in [0.29, 0.717) is 16.6 Å². The number of nitrogen functional groups attached to an aromatic ring is 1. The van der Waals surface area contributed by atoms with E-state index < -0.39 is 11.7 Å². The van der Waals surface area contributed by atoms with Gasteiger partial charge in [0.1, 0.15) is 5.82 Å². The Kier molecular flexibility index (Phi) is 3.94. The van der Waals surface area contributed by atoms with Crippen LogP contribution in [-0.2, 0) is 11.9 Å². The number of anilines is 1. The fourth-order valence-electron chi connectivity index (χ4n) is 1.37. The van der Waals surface area contributed by atoms with E-state index in [1.54, 1.807) is 18.3 Å². The van der Waals surface area contributed by atoms with Gasteiger partial charge < -0.3 is 5.73 Å². The zero-order valence-corrected chi connectivity index (χ0v) is 10.5. The van der Waals surface area contributed by atoms with Gasteiger partial charge in [-0.25, -0.2) is 9.97 Å². The summed E-state index contributed by atoms with van der Waals surface area (Å²) in [4.78, 5) is 7.64. The molecule has 0 fully saturated rings. The molecule has 19 heavy (non-hydrogen) atoms. The van der Waals surface area contributed by atoms with Crippen LogP contribution in [0.25, 0.3) is 0 Å². The van der Waals surface area contributed by atoms with Crippen LogP contribution < -0.4 is 5.73 Å². The van der Waals surface area contributed by atoms with Crippen LogP contribution in [0.5, 0.6) is 0 Å². The number of hydrogen-bond acceptors (Lipinski definition) is 4. The van der Waals surface area contributed by atoms with Crippen LogP contribution in [0.2, 0.25) is 0 Å². The monoisotopic (exact) mass is 285 g/mol. The van der Waals surface area contributed by atoms with Crippen LogP contribution in [0.3, 0.4) is 0 Å². The van der Waals surface area contributed by atoms with Crippen LogP contribution in [0.4, 0.5) is 19.0 Å². The molecule has 2 N–H and O–H groups in total. The van der Waals surface area contributed by atoms with Gasteiger partial charge in [-0.1, -0.05) is 0 Å². The van der Waals surface area contributed by atoms with Crippen LogP contribution in [0.15, 0.2) is 41.7 Å². The molecule has 0 spiro atoms. The summed E-state index contributed by atoms with van der Waals surface area (Å²) in [5.74, 6) is 0.990. The number of nitrogens with two attached hydrogens (primary N) is 1. The number of thioether (sulfide) groups is 1. The number of nitrogens with zero attached hydrogens (tertiary/aromatic N) is 2. The second kappa shape index (κ2) is 5.48. The van der Waals surface area contributed by atoms with Gasteiger partial charge in [-0.2, -0.15) is 13.2 Å². The number of hydrogen-bond donors (Lipinski definition) is 1. The highest BCUT2D eigenvalue weighted by molar-refractivity contribution is 7.98. The third kappa shape index (κ3) is 3.85. The van der Waals surface area contributed by atoms with E-state index in [1.165, 1.54) is 17.8 Å². The summed E-state index contributed by atoms with van der Waals surface area (Å²) in [6.07, 6.45) is -1.93. The predicted molar refractivity (Wildman–Crippen MR) is 67.4 cm³/mol. The number of halogens is 3. The molecule has 3 nitrogen and oxygen atoms in total. The van der Waals surface area contributed by atoms with Crippen LogP contribution >= 0.6 is 11.8 Å². The molecule has 0 saturated heterocycles. The summed E-state index contributed by atoms with van der Waals surface area (Å²) in [5.41, 5.74) is 5.73. The maximum absolute atomic E-state index is 12.3. The minimum Gasteiger partial charge on any atom is -0.384 e. The van der Waals surface area contributed by atoms with Crippen molar-refractivity contribution in [3.63, 3.8) is 0 Å². The highest BCUT2D eigenvalue weighted by Gasteiger charge is 2.30. The fourth-order valence-corrected chi connectivity index (χ4v) is 2.16. The van der Waals surface area contributed by atoms with Crippen LogP contribution in [-0.4, -0.2) is 9.97 Å². The molecule has 2 heterocycles. The second-order valence-electron chi connectivity index (χ2n) is 3.76. The van der Waals surface area contributed by atoms with Gasteiger partial charge in [-0.3, -0.25) is 0 Å². The van der Waals surface area contributed by atoms with E-state index >= 15 is 0 Å². The molecule has 2 rings (SSSR count). The predicted octanol–water partition coefficient (Wildman–Crippen LogP) is 3.37. The molecule has 7 heteroatoms. The van der Waals surface area contributed by atoms with Gasteiger partial charge in [-0.05, 0) is 29.8 Å². The maximum Gasteiger partial charge on any atom is 0.417 e. The molecule has 0 bridgehead atoms. The molecule has 0 unspecified atom stereocenters. The molecule has 0 aromatic carbocycles. The molecular formula is C12H10F3N3S. The molecule has 2 aromatic heterocycles. The lowest BCUT2D eigenvalue weighted by Crippen LogP contribution is -2.05. The smallest absolute Gasteiger partial charge is 0.384 e. The van der Waals surface area contributed by atoms with Gasteiger partial charge in [0.05, 0.1) is 10.6 Å². The summed E-state index contributed by atoms with van der Waals surface area (Å²) >= 11 is 1.34. The van der Waals surface area contributed by atoms with Crippen molar-refractivity contribution >= 4 is 17.6 Å². The van der Waals surface area contributed by atoms with Gasteiger partial charge in [0.15, 0.2) is 0 Å². The summed E-state index contributed by atoms with van der Waals surface area (Å²) in [6, 6.07) is 5.90. The molecule has 0 aliphatic heterocycles. The molecule has 0 amide bonds. The van der Waals surface area contributed by atoms with Crippen molar-refractivity contribution in [2.45, 2.75) is 17.0 Å². The highest BCUT2D eigenvalue weighted by Crippen LogP contribution is 2.30. The Morgan fingerprint density at radius 1 is 1.16 bits per heavy atom. The molecule has 0 aliphatic carbocycles. The maximum atomic E-state index is 12.3. The van der Waals surface area contributed by atoms with E-state index in [1.807, 2.05) is 0 Å². The van der Waals surface area contributed by atoms with Gasteiger partial charge in [0.2, 0.25) is 0 Å². The average Bonchev–Trinajstić information content (AvgIpc) is 2.36. The quantitative estimate of drug-likeness (QED) is 0.878. The lowest BCUT2D eigenvalue weighted by molar-refractivity contribution is -0.137. The van der Waals surface area contributed by atoms with Gasteiger partial charge in [0.25, 0.3) is 0 Å². The van der Waals surface area contributed by atoms with Crippen molar-refractivity contribution < 1.29 is 13.2 Å². The number of rotatable bonds is 3. The fraction of sp³-hybridized carbons (Fsp3) is 0.167. The van der Waals surface area contributed by atoms with Crippen molar-refractivity contribution in [2.24, 2.45) is 0 Å². The first kappa shape index (κ1) is 13.7. The zero-order chi connectivity index (χ0) is 13.9. The Bertz CT molecular complexity index is 555. The van der Waals surface area contributed by atoms with Gasteiger partial charge in [0, 0.05) is 18.1 Å². The van der Waals surface area contributed by atoms with E-state index in [4.69, 9.17) is 5.73 Å². The normalized spacial score (nSPS) is 11.5. The Balaban J connectivity index is 2.01. The number of pyridine rings is 2. The van der Waals surface area contributed by atoms with Gasteiger partial charge in [-0.15, -0.1) is 11.8 Å². The Labute approximate surface area is 112 Å². The third-order valence-corrected chi connectivity index (χ3v) is 3.31. The first-order valence-electron chi connectivity index (χ1n) is 5.31. The third-order valence-electron chi connectivity index (χ3n) is 2.30. The standard InChI is InChI=1S/C12H10F3N3S/c13-12(14,15)9-1-2-11(18-6-9)19-7-8-3-4-17-10(16)5-8/h1-6H,7H2,(H2,16,17). The van der Waals surface area contributed by atoms with Crippen LogP contribution in [0, 0.1) is 0 Å². The minimum absolute atomic E-state index is 0.415. The molecule has 0 saturated carbocycles. The second-order valence-corrected chi connectivity index (χ2v) is 4.76. The Morgan fingerprint density at radius 2 is 1.95 bits per heavy atom. The molecule has 0 radical (unpaired) electrons. The molecule has 100 valence electrons. The SMILES string of the molecule is Nc1cc(CSc2ccc(C(F)(F)F)cn2)ccn1. The van der Waals surface area contributed by atoms with E-state index in [0.717, 1.165) is 17.8 Å². The first-order valence-corrected chi connectivity index (χ1v) is 6.30. The van der Waals surface area contributed by atoms with Crippen molar-refractivity contribution in [2.75, 3.05) is 5.73 Å². The van der Waals surface area contributed by atoms with E-state index in [2.05, 4.69) is 9.97 Å². The Morgan fingerprint density at radius 3 is 2.53 bits per heavy atom. The summed E-state index contributed by atoms with van der Waals surface area (Å²) in [7, 11) is 0. The molecular weight excluding hydrogens is 275 g/mol. The summed E-state index contributed by atoms with van der Waals surface area (Å²) in [6.45, 7) is 0. The lowest BCUT2D eigenvalue weighted by atomic mass is 10.3. The average molecular weight is 285 g/mol. The number of alkyl halides is 3. The van der Waals surface area contributed by atoms with E-state index in [-0.39, 0.29) is 0 Å². The van der Waals surface area contributed by atoms with Crippen LogP contribution in [0.1, 0.15) is 11.1 Å². The van der Waals surface area contributed by atoms with Crippen molar-refractivity contribution in [3.05, 3.63) is 47.8 Å². The first-order chi connectivity index (χ1) is 8.95. The van der Waals surface area contributed by atoms with Gasteiger partial charge >= 0.3 is 6.18 Å². The highest BCUT2D eigenvalue weighted by atomic mass is 32.2. The van der Waals surface area contributed by atoms with Crippen molar-refractivity contribution in [1.29, 1.82) is 0 Å². The Hall–Kier alpha value is -1.76. The zero-order valence-electron chi connectivity index (χ0n) is 9.69. The minimum atomic E-state index is -4.35. The largest absolute Gasteiger partial charge is 0.417 e. The lowest BCUT2D eigenvalue weighted by Gasteiger charge is -2.06. The topological polar surface area (TPSA) is 51.8 Å². The number of aromatic nitrogens is 2. The summed E-state index contributed by atoms with van der Waals surface area (Å²) < 4.78 is 37.0. The van der Waals surface area contributed by atoms with Crippen molar-refractivity contribution in [1.82, 2.24) is 9.97 Å². The van der Waals surface area contributed by atoms with Crippen molar-refractivity contribution in [3.8, 4) is 0 Å².